The third kappa shape index (κ3) is 4.64. The number of carbonyl (C=O) groups excluding carboxylic acids is 1. The molecule has 2 aromatic rings. The van der Waals surface area contributed by atoms with E-state index in [1.54, 1.807) is 30.3 Å². The van der Waals surface area contributed by atoms with Crippen molar-refractivity contribution in [3.05, 3.63) is 63.9 Å². The third-order valence-corrected chi connectivity index (χ3v) is 6.01. The molecule has 0 N–H and O–H groups in total. The lowest BCUT2D eigenvalue weighted by Gasteiger charge is -2.36. The van der Waals surface area contributed by atoms with Gasteiger partial charge in [0, 0.05) is 42.0 Å². The van der Waals surface area contributed by atoms with Crippen LogP contribution in [0.15, 0.2) is 42.5 Å². The van der Waals surface area contributed by atoms with Gasteiger partial charge >= 0.3 is 0 Å². The molecule has 0 saturated carbocycles. The van der Waals surface area contributed by atoms with E-state index in [-0.39, 0.29) is 11.7 Å². The molecular weight excluding hydrogens is 394 g/mol. The number of carbonyl (C=O) groups is 1. The van der Waals surface area contributed by atoms with Gasteiger partial charge in [-0.15, -0.1) is 11.8 Å². The molecule has 7 heteroatoms. The Balaban J connectivity index is 1.47. The van der Waals surface area contributed by atoms with Crippen LogP contribution in [-0.4, -0.2) is 42.7 Å². The number of thioether (sulfide) groups is 1. The summed E-state index contributed by atoms with van der Waals surface area (Å²) < 4.78 is 13.9. The first-order valence-electron chi connectivity index (χ1n) is 8.34. The van der Waals surface area contributed by atoms with Crippen LogP contribution in [0.5, 0.6) is 0 Å². The van der Waals surface area contributed by atoms with Crippen LogP contribution in [0.1, 0.15) is 5.56 Å². The van der Waals surface area contributed by atoms with Crippen molar-refractivity contribution in [3.63, 3.8) is 0 Å². The van der Waals surface area contributed by atoms with E-state index in [4.69, 9.17) is 23.2 Å². The molecule has 1 aliphatic rings. The van der Waals surface area contributed by atoms with Crippen LogP contribution in [0.2, 0.25) is 10.0 Å². The molecule has 1 aliphatic heterocycles. The Morgan fingerprint density at radius 2 is 1.65 bits per heavy atom. The van der Waals surface area contributed by atoms with Crippen molar-refractivity contribution in [2.75, 3.05) is 36.8 Å². The SMILES string of the molecule is O=C(CSCc1c(Cl)cccc1Cl)N1CCN(c2ccccc2F)CC1. The fourth-order valence-electron chi connectivity index (χ4n) is 2.91. The van der Waals surface area contributed by atoms with E-state index < -0.39 is 0 Å². The van der Waals surface area contributed by atoms with Gasteiger partial charge in [-0.1, -0.05) is 41.4 Å². The monoisotopic (exact) mass is 412 g/mol. The Bertz CT molecular complexity index is 762. The molecule has 1 amide bonds. The van der Waals surface area contributed by atoms with E-state index in [1.165, 1.54) is 17.8 Å². The summed E-state index contributed by atoms with van der Waals surface area (Å²) in [6, 6.07) is 12.1. The van der Waals surface area contributed by atoms with Crippen LogP contribution in [0.25, 0.3) is 0 Å². The first kappa shape index (κ1) is 19.3. The Morgan fingerprint density at radius 3 is 2.31 bits per heavy atom. The van der Waals surface area contributed by atoms with Crippen molar-refractivity contribution in [1.82, 2.24) is 4.90 Å². The molecule has 1 heterocycles. The maximum Gasteiger partial charge on any atom is 0.232 e. The largest absolute Gasteiger partial charge is 0.366 e. The van der Waals surface area contributed by atoms with Gasteiger partial charge in [-0.2, -0.15) is 0 Å². The Labute approximate surface area is 167 Å². The summed E-state index contributed by atoms with van der Waals surface area (Å²) in [5.74, 6) is 0.839. The Kier molecular flexibility index (Phi) is 6.68. The van der Waals surface area contributed by atoms with Gasteiger partial charge in [0.25, 0.3) is 0 Å². The number of para-hydroxylation sites is 1. The summed E-state index contributed by atoms with van der Waals surface area (Å²) in [6.45, 7) is 2.46. The third-order valence-electron chi connectivity index (χ3n) is 4.36. The first-order valence-corrected chi connectivity index (χ1v) is 10.2. The number of nitrogens with zero attached hydrogens (tertiary/aromatic N) is 2. The molecule has 26 heavy (non-hydrogen) atoms. The lowest BCUT2D eigenvalue weighted by atomic mass is 10.2. The molecule has 3 nitrogen and oxygen atoms in total. The predicted octanol–water partition coefficient (Wildman–Crippen LogP) is 4.71. The van der Waals surface area contributed by atoms with Crippen LogP contribution in [0.4, 0.5) is 10.1 Å². The molecule has 0 radical (unpaired) electrons. The minimum Gasteiger partial charge on any atom is -0.366 e. The average Bonchev–Trinajstić information content (AvgIpc) is 2.64. The van der Waals surface area contributed by atoms with Crippen molar-refractivity contribution < 1.29 is 9.18 Å². The van der Waals surface area contributed by atoms with Crippen LogP contribution >= 0.6 is 35.0 Å². The minimum absolute atomic E-state index is 0.0892. The van der Waals surface area contributed by atoms with E-state index >= 15 is 0 Å². The lowest BCUT2D eigenvalue weighted by molar-refractivity contribution is -0.128. The fourth-order valence-corrected chi connectivity index (χ4v) is 4.57. The molecule has 1 saturated heterocycles. The standard InChI is InChI=1S/C19H19Cl2FN2OS/c20-15-4-3-5-16(21)14(15)12-26-13-19(25)24-10-8-23(9-11-24)18-7-2-1-6-17(18)22/h1-7H,8-13H2. The number of benzene rings is 2. The number of hydrogen-bond donors (Lipinski definition) is 0. The van der Waals surface area contributed by atoms with Gasteiger partial charge < -0.3 is 9.80 Å². The van der Waals surface area contributed by atoms with Gasteiger partial charge in [-0.05, 0) is 29.8 Å². The molecule has 138 valence electrons. The van der Waals surface area contributed by atoms with Crippen LogP contribution in [0, 0.1) is 5.82 Å². The minimum atomic E-state index is -0.223. The zero-order valence-corrected chi connectivity index (χ0v) is 16.5. The highest BCUT2D eigenvalue weighted by molar-refractivity contribution is 7.99. The fraction of sp³-hybridized carbons (Fsp3) is 0.316. The van der Waals surface area contributed by atoms with Gasteiger partial charge in [0.2, 0.25) is 5.91 Å². The second kappa shape index (κ2) is 8.98. The highest BCUT2D eigenvalue weighted by atomic mass is 35.5. The second-order valence-electron chi connectivity index (χ2n) is 6.01. The van der Waals surface area contributed by atoms with E-state index in [0.29, 0.717) is 53.4 Å². The molecule has 0 aliphatic carbocycles. The summed E-state index contributed by atoms with van der Waals surface area (Å²) in [5, 5.41) is 1.24. The number of piperazine rings is 1. The molecular formula is C19H19Cl2FN2OS. The lowest BCUT2D eigenvalue weighted by Crippen LogP contribution is -2.49. The van der Waals surface area contributed by atoms with Crippen molar-refractivity contribution in [2.45, 2.75) is 5.75 Å². The summed E-state index contributed by atoms with van der Waals surface area (Å²) in [7, 11) is 0. The number of anilines is 1. The van der Waals surface area contributed by atoms with Gasteiger partial charge in [0.15, 0.2) is 0 Å². The van der Waals surface area contributed by atoms with E-state index in [9.17, 15) is 9.18 Å². The Morgan fingerprint density at radius 1 is 1.00 bits per heavy atom. The Hall–Kier alpha value is -1.43. The number of amides is 1. The van der Waals surface area contributed by atoms with E-state index in [1.807, 2.05) is 15.9 Å². The molecule has 0 unspecified atom stereocenters. The van der Waals surface area contributed by atoms with Gasteiger partial charge in [-0.3, -0.25) is 4.79 Å². The maximum absolute atomic E-state index is 13.9. The molecule has 0 aromatic heterocycles. The topological polar surface area (TPSA) is 23.6 Å². The normalized spacial score (nSPS) is 14.6. The summed E-state index contributed by atoms with van der Waals surface area (Å²) >= 11 is 13.8. The molecule has 1 fully saturated rings. The highest BCUT2D eigenvalue weighted by Gasteiger charge is 2.22. The molecule has 3 rings (SSSR count). The van der Waals surface area contributed by atoms with Crippen LogP contribution in [0.3, 0.4) is 0 Å². The van der Waals surface area contributed by atoms with Crippen molar-refractivity contribution in [2.24, 2.45) is 0 Å². The van der Waals surface area contributed by atoms with E-state index in [0.717, 1.165) is 5.56 Å². The van der Waals surface area contributed by atoms with Gasteiger partial charge in [0.05, 0.1) is 11.4 Å². The average molecular weight is 413 g/mol. The zero-order chi connectivity index (χ0) is 18.5. The van der Waals surface area contributed by atoms with Crippen LogP contribution < -0.4 is 4.90 Å². The van der Waals surface area contributed by atoms with Crippen molar-refractivity contribution in [3.8, 4) is 0 Å². The summed E-state index contributed by atoms with van der Waals surface area (Å²) in [4.78, 5) is 16.2. The number of halogens is 3. The summed E-state index contributed by atoms with van der Waals surface area (Å²) in [6.07, 6.45) is 0. The predicted molar refractivity (Wildman–Crippen MR) is 108 cm³/mol. The number of hydrogen-bond acceptors (Lipinski definition) is 3. The molecule has 0 atom stereocenters. The van der Waals surface area contributed by atoms with Gasteiger partial charge in [-0.25, -0.2) is 4.39 Å². The summed E-state index contributed by atoms with van der Waals surface area (Å²) in [5.41, 5.74) is 1.46. The first-order chi connectivity index (χ1) is 12.6. The van der Waals surface area contributed by atoms with Crippen molar-refractivity contribution in [1.29, 1.82) is 0 Å². The maximum atomic E-state index is 13.9. The quantitative estimate of drug-likeness (QED) is 0.709. The number of rotatable bonds is 5. The zero-order valence-electron chi connectivity index (χ0n) is 14.1. The van der Waals surface area contributed by atoms with E-state index in [2.05, 4.69) is 0 Å². The van der Waals surface area contributed by atoms with Crippen LogP contribution in [-0.2, 0) is 10.5 Å². The molecule has 2 aromatic carbocycles. The van der Waals surface area contributed by atoms with Gasteiger partial charge in [0.1, 0.15) is 5.82 Å². The highest BCUT2D eigenvalue weighted by Crippen LogP contribution is 2.28. The molecule has 0 spiro atoms. The molecule has 0 bridgehead atoms. The smallest absolute Gasteiger partial charge is 0.232 e. The van der Waals surface area contributed by atoms with Crippen molar-refractivity contribution >= 4 is 46.6 Å². The second-order valence-corrected chi connectivity index (χ2v) is 7.81.